The number of benzene rings is 1. The maximum absolute atomic E-state index is 12.4. The number of rotatable bonds is 5. The van der Waals surface area contributed by atoms with Gasteiger partial charge >= 0.3 is 0 Å². The second-order valence-corrected chi connectivity index (χ2v) is 6.29. The predicted octanol–water partition coefficient (Wildman–Crippen LogP) is 3.57. The van der Waals surface area contributed by atoms with Gasteiger partial charge in [-0.1, -0.05) is 24.3 Å². The van der Waals surface area contributed by atoms with E-state index in [1.165, 1.54) is 11.1 Å². The Morgan fingerprint density at radius 3 is 2.75 bits per heavy atom. The fourth-order valence-electron chi connectivity index (χ4n) is 3.64. The lowest BCUT2D eigenvalue weighted by molar-refractivity contribution is -0.126. The third kappa shape index (κ3) is 2.95. The molecule has 1 fully saturated rings. The molecule has 20 heavy (non-hydrogen) atoms. The van der Waals surface area contributed by atoms with Crippen LogP contribution in [0.2, 0.25) is 0 Å². The van der Waals surface area contributed by atoms with E-state index in [1.807, 2.05) is 6.92 Å². The number of hydrogen-bond donors (Lipinski definition) is 0. The highest BCUT2D eigenvalue weighted by atomic mass is 16.5. The van der Waals surface area contributed by atoms with Gasteiger partial charge in [-0.2, -0.15) is 0 Å². The van der Waals surface area contributed by atoms with Gasteiger partial charge < -0.3 is 4.74 Å². The zero-order valence-electron chi connectivity index (χ0n) is 12.3. The molecule has 2 aliphatic rings. The first-order chi connectivity index (χ1) is 9.76. The van der Waals surface area contributed by atoms with Crippen LogP contribution in [0.25, 0.3) is 0 Å². The topological polar surface area (TPSA) is 26.3 Å². The Morgan fingerprint density at radius 1 is 1.25 bits per heavy atom. The highest BCUT2D eigenvalue weighted by Crippen LogP contribution is 2.35. The van der Waals surface area contributed by atoms with Crippen LogP contribution >= 0.6 is 0 Å². The van der Waals surface area contributed by atoms with Crippen LogP contribution in [0.3, 0.4) is 0 Å². The minimum Gasteiger partial charge on any atom is -0.378 e. The van der Waals surface area contributed by atoms with Crippen LogP contribution in [0.1, 0.15) is 43.7 Å². The molecule has 2 nitrogen and oxygen atoms in total. The molecule has 1 atom stereocenters. The number of ketones is 1. The van der Waals surface area contributed by atoms with Gasteiger partial charge in [-0.05, 0) is 56.1 Å². The Bertz CT molecular complexity index is 474. The van der Waals surface area contributed by atoms with Crippen molar-refractivity contribution in [2.75, 3.05) is 6.61 Å². The van der Waals surface area contributed by atoms with E-state index in [0.717, 1.165) is 45.1 Å². The van der Waals surface area contributed by atoms with Gasteiger partial charge in [-0.15, -0.1) is 0 Å². The maximum Gasteiger partial charge on any atom is 0.136 e. The summed E-state index contributed by atoms with van der Waals surface area (Å²) in [4.78, 5) is 12.4. The molecular formula is C18H24O2. The molecular weight excluding hydrogens is 248 g/mol. The molecule has 0 N–H and O–H groups in total. The Morgan fingerprint density at radius 2 is 2.00 bits per heavy atom. The van der Waals surface area contributed by atoms with Crippen molar-refractivity contribution in [1.82, 2.24) is 0 Å². The number of aryl methyl sites for hydroxylation is 1. The Labute approximate surface area is 121 Å². The third-order valence-corrected chi connectivity index (χ3v) is 4.89. The summed E-state index contributed by atoms with van der Waals surface area (Å²) in [6.07, 6.45) is 6.43. The van der Waals surface area contributed by atoms with E-state index in [9.17, 15) is 4.79 Å². The highest BCUT2D eigenvalue weighted by molar-refractivity contribution is 5.82. The van der Waals surface area contributed by atoms with Crippen LogP contribution in [-0.2, 0) is 22.4 Å². The van der Waals surface area contributed by atoms with E-state index in [4.69, 9.17) is 4.74 Å². The molecule has 1 aromatic rings. The van der Waals surface area contributed by atoms with E-state index in [2.05, 4.69) is 24.3 Å². The Hall–Kier alpha value is -1.15. The van der Waals surface area contributed by atoms with Crippen molar-refractivity contribution in [1.29, 1.82) is 0 Å². The van der Waals surface area contributed by atoms with Crippen LogP contribution < -0.4 is 0 Å². The first kappa shape index (κ1) is 13.8. The molecule has 1 saturated carbocycles. The molecule has 0 radical (unpaired) electrons. The fraction of sp³-hybridized carbons (Fsp3) is 0.611. The van der Waals surface area contributed by atoms with E-state index in [1.54, 1.807) is 0 Å². The monoisotopic (exact) mass is 272 g/mol. The summed E-state index contributed by atoms with van der Waals surface area (Å²) in [5.74, 6) is 1.33. The maximum atomic E-state index is 12.4. The second-order valence-electron chi connectivity index (χ2n) is 6.29. The molecule has 108 valence electrons. The zero-order chi connectivity index (χ0) is 13.9. The normalized spacial score (nSPS) is 28.6. The fourth-order valence-corrected chi connectivity index (χ4v) is 3.64. The van der Waals surface area contributed by atoms with Gasteiger partial charge in [0.05, 0.1) is 6.10 Å². The van der Waals surface area contributed by atoms with Gasteiger partial charge in [0.1, 0.15) is 5.78 Å². The minimum atomic E-state index is 0.260. The quantitative estimate of drug-likeness (QED) is 0.819. The molecule has 1 aromatic carbocycles. The average molecular weight is 272 g/mol. The first-order valence-corrected chi connectivity index (χ1v) is 7.97. The summed E-state index contributed by atoms with van der Waals surface area (Å²) in [5, 5.41) is 0. The molecule has 0 spiro atoms. The molecule has 0 heterocycles. The van der Waals surface area contributed by atoms with E-state index < -0.39 is 0 Å². The largest absolute Gasteiger partial charge is 0.378 e. The number of fused-ring (bicyclic) bond motifs is 1. The van der Waals surface area contributed by atoms with Gasteiger partial charge in [0.2, 0.25) is 0 Å². The molecule has 2 aliphatic carbocycles. The van der Waals surface area contributed by atoms with Gasteiger partial charge in [-0.3, -0.25) is 4.79 Å². The molecule has 3 rings (SSSR count). The van der Waals surface area contributed by atoms with Crippen molar-refractivity contribution in [3.8, 4) is 0 Å². The summed E-state index contributed by atoms with van der Waals surface area (Å²) in [6.45, 7) is 2.84. The van der Waals surface area contributed by atoms with Crippen molar-refractivity contribution in [3.63, 3.8) is 0 Å². The number of hydrogen-bond acceptors (Lipinski definition) is 2. The zero-order valence-corrected chi connectivity index (χ0v) is 12.3. The molecule has 2 heteroatoms. The van der Waals surface area contributed by atoms with Crippen molar-refractivity contribution in [2.24, 2.45) is 11.8 Å². The number of carbonyl (C=O) groups excluding carboxylic acids is 1. The molecule has 0 bridgehead atoms. The number of Topliss-reactive ketones (excluding diaryl/α,β-unsaturated/α-hetero) is 1. The Kier molecular flexibility index (Phi) is 4.21. The van der Waals surface area contributed by atoms with Gasteiger partial charge in [0.15, 0.2) is 0 Å². The predicted molar refractivity (Wildman–Crippen MR) is 79.7 cm³/mol. The highest BCUT2D eigenvalue weighted by Gasteiger charge is 2.33. The third-order valence-electron chi connectivity index (χ3n) is 4.89. The van der Waals surface area contributed by atoms with Crippen molar-refractivity contribution in [2.45, 2.75) is 51.6 Å². The summed E-state index contributed by atoms with van der Waals surface area (Å²) in [7, 11) is 0. The van der Waals surface area contributed by atoms with E-state index in [-0.39, 0.29) is 5.92 Å². The van der Waals surface area contributed by atoms with Crippen LogP contribution in [0.15, 0.2) is 24.3 Å². The van der Waals surface area contributed by atoms with Crippen LogP contribution in [0, 0.1) is 11.8 Å². The molecule has 0 aliphatic heterocycles. The SMILES string of the molecule is CCOC1CC(CC(=O)C2CCc3ccccc3C2)C1. The molecule has 0 aromatic heterocycles. The summed E-state index contributed by atoms with van der Waals surface area (Å²) >= 11 is 0. The first-order valence-electron chi connectivity index (χ1n) is 7.97. The van der Waals surface area contributed by atoms with Crippen LogP contribution in [-0.4, -0.2) is 18.5 Å². The summed E-state index contributed by atoms with van der Waals surface area (Å²) < 4.78 is 5.57. The number of ether oxygens (including phenoxy) is 1. The standard InChI is InChI=1S/C18H24O2/c1-2-20-17-9-13(10-17)11-18(19)16-8-7-14-5-3-4-6-15(14)12-16/h3-6,13,16-17H,2,7-12H2,1H3. The summed E-state index contributed by atoms with van der Waals surface area (Å²) in [5.41, 5.74) is 2.83. The van der Waals surface area contributed by atoms with Crippen LogP contribution in [0.5, 0.6) is 0 Å². The average Bonchev–Trinajstić information content (AvgIpc) is 2.44. The number of carbonyl (C=O) groups is 1. The van der Waals surface area contributed by atoms with Crippen LogP contribution in [0.4, 0.5) is 0 Å². The smallest absolute Gasteiger partial charge is 0.136 e. The van der Waals surface area contributed by atoms with Crippen molar-refractivity contribution < 1.29 is 9.53 Å². The van der Waals surface area contributed by atoms with Crippen molar-refractivity contribution >= 4 is 5.78 Å². The van der Waals surface area contributed by atoms with Crippen molar-refractivity contribution in [3.05, 3.63) is 35.4 Å². The van der Waals surface area contributed by atoms with Gasteiger partial charge in [0.25, 0.3) is 0 Å². The Balaban J connectivity index is 1.50. The lowest BCUT2D eigenvalue weighted by atomic mass is 9.74. The molecule has 1 unspecified atom stereocenters. The lowest BCUT2D eigenvalue weighted by Crippen LogP contribution is -2.34. The molecule has 0 amide bonds. The second kappa shape index (κ2) is 6.09. The minimum absolute atomic E-state index is 0.260. The summed E-state index contributed by atoms with van der Waals surface area (Å²) in [6, 6.07) is 8.57. The van der Waals surface area contributed by atoms with Gasteiger partial charge in [0, 0.05) is 18.9 Å². The lowest BCUT2D eigenvalue weighted by Gasteiger charge is -2.35. The van der Waals surface area contributed by atoms with E-state index in [0.29, 0.717) is 17.8 Å². The molecule has 0 saturated heterocycles. The van der Waals surface area contributed by atoms with E-state index >= 15 is 0 Å². The van der Waals surface area contributed by atoms with Gasteiger partial charge in [-0.25, -0.2) is 0 Å².